The van der Waals surface area contributed by atoms with E-state index in [9.17, 15) is 4.79 Å². The van der Waals surface area contributed by atoms with Crippen LogP contribution in [0.3, 0.4) is 0 Å². The van der Waals surface area contributed by atoms with Crippen LogP contribution in [0.5, 0.6) is 0 Å². The number of halogens is 1. The van der Waals surface area contributed by atoms with Gasteiger partial charge in [0, 0.05) is 34.1 Å². The zero-order valence-electron chi connectivity index (χ0n) is 12.0. The number of Topliss-reactive ketones (excluding diaryl/α,β-unsaturated/α-hetero) is 1. The van der Waals surface area contributed by atoms with Crippen molar-refractivity contribution in [3.8, 4) is 0 Å². The van der Waals surface area contributed by atoms with Gasteiger partial charge in [-0.25, -0.2) is 0 Å². The van der Waals surface area contributed by atoms with Crippen LogP contribution >= 0.6 is 11.6 Å². The minimum absolute atomic E-state index is 0.122. The van der Waals surface area contributed by atoms with Crippen LogP contribution in [0.4, 0.5) is 0 Å². The second kappa shape index (κ2) is 5.38. The Morgan fingerprint density at radius 2 is 1.95 bits per heavy atom. The van der Waals surface area contributed by atoms with E-state index >= 15 is 0 Å². The highest BCUT2D eigenvalue weighted by molar-refractivity contribution is 6.31. The second-order valence-corrected chi connectivity index (χ2v) is 5.86. The molecule has 1 aromatic heterocycles. The van der Waals surface area contributed by atoms with Gasteiger partial charge in [-0.2, -0.15) is 0 Å². The Hall–Kier alpha value is -2.06. The lowest BCUT2D eigenvalue weighted by Gasteiger charge is -2.06. The number of hydrogen-bond acceptors (Lipinski definition) is 1. The van der Waals surface area contributed by atoms with E-state index in [1.165, 1.54) is 5.56 Å². The number of aromatic amines is 1. The SMILES string of the molecule is Cc1ccc(C)c(CC(=O)c2c[nH]c3cc(Cl)ccc23)c1. The van der Waals surface area contributed by atoms with Gasteiger partial charge < -0.3 is 4.98 Å². The number of hydrogen-bond donors (Lipinski definition) is 1. The molecule has 2 aromatic carbocycles. The van der Waals surface area contributed by atoms with Crippen molar-refractivity contribution in [3.63, 3.8) is 0 Å². The maximum Gasteiger partial charge on any atom is 0.169 e. The zero-order chi connectivity index (χ0) is 15.0. The fourth-order valence-corrected chi connectivity index (χ4v) is 2.76. The van der Waals surface area contributed by atoms with Gasteiger partial charge in [-0.05, 0) is 37.1 Å². The number of nitrogens with one attached hydrogen (secondary N) is 1. The summed E-state index contributed by atoms with van der Waals surface area (Å²) in [7, 11) is 0. The van der Waals surface area contributed by atoms with E-state index in [2.05, 4.69) is 23.2 Å². The molecule has 0 fully saturated rings. The molecule has 0 saturated heterocycles. The summed E-state index contributed by atoms with van der Waals surface area (Å²) in [6.45, 7) is 4.08. The van der Waals surface area contributed by atoms with Crippen molar-refractivity contribution in [3.05, 3.63) is 69.9 Å². The number of fused-ring (bicyclic) bond motifs is 1. The number of rotatable bonds is 3. The van der Waals surface area contributed by atoms with Gasteiger partial charge >= 0.3 is 0 Å². The number of aromatic nitrogens is 1. The summed E-state index contributed by atoms with van der Waals surface area (Å²) in [6, 6.07) is 11.8. The minimum Gasteiger partial charge on any atom is -0.360 e. The molecule has 3 heteroatoms. The molecule has 0 bridgehead atoms. The van der Waals surface area contributed by atoms with Gasteiger partial charge in [0.25, 0.3) is 0 Å². The van der Waals surface area contributed by atoms with Crippen LogP contribution in [0.1, 0.15) is 27.0 Å². The summed E-state index contributed by atoms with van der Waals surface area (Å²) in [5, 5.41) is 1.59. The fraction of sp³-hybridized carbons (Fsp3) is 0.167. The van der Waals surface area contributed by atoms with E-state index in [4.69, 9.17) is 11.6 Å². The zero-order valence-corrected chi connectivity index (χ0v) is 12.8. The molecule has 2 nitrogen and oxygen atoms in total. The maximum absolute atomic E-state index is 12.6. The molecule has 0 aliphatic rings. The Bertz CT molecular complexity index is 832. The number of H-pyrrole nitrogens is 1. The highest BCUT2D eigenvalue weighted by Gasteiger charge is 2.14. The van der Waals surface area contributed by atoms with Crippen LogP contribution in [0, 0.1) is 13.8 Å². The summed E-state index contributed by atoms with van der Waals surface area (Å²) in [5.41, 5.74) is 5.03. The van der Waals surface area contributed by atoms with Gasteiger partial charge in [0.05, 0.1) is 0 Å². The van der Waals surface area contributed by atoms with Crippen molar-refractivity contribution < 1.29 is 4.79 Å². The first kappa shape index (κ1) is 13.9. The van der Waals surface area contributed by atoms with E-state index in [-0.39, 0.29) is 5.78 Å². The summed E-state index contributed by atoms with van der Waals surface area (Å²) in [5.74, 6) is 0.122. The minimum atomic E-state index is 0.122. The number of carbonyl (C=O) groups is 1. The van der Waals surface area contributed by atoms with Crippen LogP contribution in [0.25, 0.3) is 10.9 Å². The molecule has 3 rings (SSSR count). The van der Waals surface area contributed by atoms with E-state index in [1.807, 2.05) is 32.0 Å². The van der Waals surface area contributed by atoms with Crippen LogP contribution in [0.2, 0.25) is 5.02 Å². The van der Waals surface area contributed by atoms with Crippen LogP contribution in [-0.4, -0.2) is 10.8 Å². The van der Waals surface area contributed by atoms with Gasteiger partial charge in [-0.3, -0.25) is 4.79 Å². The maximum atomic E-state index is 12.6. The lowest BCUT2D eigenvalue weighted by atomic mass is 9.97. The number of ketones is 1. The third-order valence-corrected chi connectivity index (χ3v) is 4.03. The molecule has 106 valence electrons. The highest BCUT2D eigenvalue weighted by Crippen LogP contribution is 2.24. The largest absolute Gasteiger partial charge is 0.360 e. The van der Waals surface area contributed by atoms with Crippen molar-refractivity contribution in [1.29, 1.82) is 0 Å². The third-order valence-electron chi connectivity index (χ3n) is 3.80. The lowest BCUT2D eigenvalue weighted by molar-refractivity contribution is 0.0994. The van der Waals surface area contributed by atoms with Crippen molar-refractivity contribution in [2.45, 2.75) is 20.3 Å². The van der Waals surface area contributed by atoms with E-state index in [1.54, 1.807) is 6.20 Å². The molecule has 0 spiro atoms. The number of aryl methyl sites for hydroxylation is 2. The Balaban J connectivity index is 1.95. The number of benzene rings is 2. The lowest BCUT2D eigenvalue weighted by Crippen LogP contribution is -2.04. The molecule has 21 heavy (non-hydrogen) atoms. The van der Waals surface area contributed by atoms with Crippen LogP contribution < -0.4 is 0 Å². The van der Waals surface area contributed by atoms with Crippen molar-refractivity contribution in [2.75, 3.05) is 0 Å². The van der Waals surface area contributed by atoms with Gasteiger partial charge in [-0.15, -0.1) is 0 Å². The molecule has 0 aliphatic heterocycles. The molecular weight excluding hydrogens is 282 g/mol. The first-order valence-electron chi connectivity index (χ1n) is 6.90. The summed E-state index contributed by atoms with van der Waals surface area (Å²) in [4.78, 5) is 15.7. The van der Waals surface area contributed by atoms with E-state index in [0.717, 1.165) is 27.6 Å². The van der Waals surface area contributed by atoms with E-state index < -0.39 is 0 Å². The standard InChI is InChI=1S/C18H16ClNO/c1-11-3-4-12(2)13(7-11)8-18(21)16-10-20-17-9-14(19)5-6-15(16)17/h3-7,9-10,20H,8H2,1-2H3. The van der Waals surface area contributed by atoms with Crippen molar-refractivity contribution in [2.24, 2.45) is 0 Å². The Kier molecular flexibility index (Phi) is 3.56. The molecule has 3 aromatic rings. The molecule has 0 atom stereocenters. The Morgan fingerprint density at radius 3 is 2.76 bits per heavy atom. The topological polar surface area (TPSA) is 32.9 Å². The first-order chi connectivity index (χ1) is 10.0. The molecule has 0 saturated carbocycles. The van der Waals surface area contributed by atoms with E-state index in [0.29, 0.717) is 11.4 Å². The molecule has 0 radical (unpaired) electrons. The second-order valence-electron chi connectivity index (χ2n) is 5.42. The molecule has 1 N–H and O–H groups in total. The smallest absolute Gasteiger partial charge is 0.169 e. The molecule has 0 unspecified atom stereocenters. The first-order valence-corrected chi connectivity index (χ1v) is 7.28. The molecule has 0 amide bonds. The monoisotopic (exact) mass is 297 g/mol. The van der Waals surface area contributed by atoms with Gasteiger partial charge in [0.2, 0.25) is 0 Å². The predicted molar refractivity (Wildman–Crippen MR) is 87.3 cm³/mol. The van der Waals surface area contributed by atoms with Gasteiger partial charge in [-0.1, -0.05) is 41.4 Å². The quantitative estimate of drug-likeness (QED) is 0.688. The van der Waals surface area contributed by atoms with Crippen molar-refractivity contribution in [1.82, 2.24) is 4.98 Å². The van der Waals surface area contributed by atoms with Crippen LogP contribution in [0.15, 0.2) is 42.6 Å². The summed E-state index contributed by atoms with van der Waals surface area (Å²) >= 11 is 5.97. The third kappa shape index (κ3) is 2.72. The van der Waals surface area contributed by atoms with Gasteiger partial charge in [0.1, 0.15) is 0 Å². The predicted octanol–water partition coefficient (Wildman–Crippen LogP) is 4.86. The van der Waals surface area contributed by atoms with Crippen molar-refractivity contribution >= 4 is 28.3 Å². The average Bonchev–Trinajstić information content (AvgIpc) is 2.85. The summed E-state index contributed by atoms with van der Waals surface area (Å²) in [6.07, 6.45) is 2.19. The highest BCUT2D eigenvalue weighted by atomic mass is 35.5. The Morgan fingerprint density at radius 1 is 1.14 bits per heavy atom. The molecule has 1 heterocycles. The van der Waals surface area contributed by atoms with Crippen LogP contribution in [-0.2, 0) is 6.42 Å². The number of carbonyl (C=O) groups excluding carboxylic acids is 1. The average molecular weight is 298 g/mol. The summed E-state index contributed by atoms with van der Waals surface area (Å²) < 4.78 is 0. The molecule has 0 aliphatic carbocycles. The normalized spacial score (nSPS) is 11.0. The fourth-order valence-electron chi connectivity index (χ4n) is 2.59. The van der Waals surface area contributed by atoms with Gasteiger partial charge in [0.15, 0.2) is 5.78 Å². The Labute approximate surface area is 128 Å². The molecular formula is C18H16ClNO.